The van der Waals surface area contributed by atoms with Crippen molar-refractivity contribution in [3.8, 4) is 0 Å². The van der Waals surface area contributed by atoms with E-state index < -0.39 is 12.0 Å². The summed E-state index contributed by atoms with van der Waals surface area (Å²) in [5.41, 5.74) is 7.76. The number of urea groups is 1. The molecular formula is C9H10N2O3. The number of hydrogen-bond donors (Lipinski definition) is 2. The standard InChI is InChI=1S/C9H10N2O3/c1-6-3-2-4-7(5-6)8(12)14-11-9(10)13/h2-5H,1H3,(H3,10,11,13). The summed E-state index contributed by atoms with van der Waals surface area (Å²) in [6.45, 7) is 1.85. The third kappa shape index (κ3) is 2.78. The zero-order valence-electron chi connectivity index (χ0n) is 7.61. The first-order valence-electron chi connectivity index (χ1n) is 3.93. The Labute approximate surface area is 80.8 Å². The zero-order chi connectivity index (χ0) is 10.6. The fourth-order valence-corrected chi connectivity index (χ4v) is 0.928. The Bertz CT molecular complexity index is 363. The third-order valence-corrected chi connectivity index (χ3v) is 1.50. The van der Waals surface area contributed by atoms with Crippen LogP contribution < -0.4 is 11.2 Å². The van der Waals surface area contributed by atoms with Crippen LogP contribution >= 0.6 is 0 Å². The maximum absolute atomic E-state index is 11.2. The van der Waals surface area contributed by atoms with E-state index in [2.05, 4.69) is 4.84 Å². The van der Waals surface area contributed by atoms with Crippen molar-refractivity contribution >= 4 is 12.0 Å². The smallest absolute Gasteiger partial charge is 0.349 e. The molecule has 14 heavy (non-hydrogen) atoms. The van der Waals surface area contributed by atoms with Crippen LogP contribution in [-0.2, 0) is 4.84 Å². The van der Waals surface area contributed by atoms with Gasteiger partial charge in [0.25, 0.3) is 0 Å². The Balaban J connectivity index is 2.65. The molecule has 0 fully saturated rings. The van der Waals surface area contributed by atoms with Crippen LogP contribution in [0.3, 0.4) is 0 Å². The molecule has 74 valence electrons. The van der Waals surface area contributed by atoms with Crippen molar-refractivity contribution in [3.05, 3.63) is 35.4 Å². The second kappa shape index (κ2) is 4.27. The van der Waals surface area contributed by atoms with Crippen molar-refractivity contribution < 1.29 is 14.4 Å². The SMILES string of the molecule is Cc1cccc(C(=O)ONC(N)=O)c1. The van der Waals surface area contributed by atoms with Gasteiger partial charge >= 0.3 is 12.0 Å². The lowest BCUT2D eigenvalue weighted by atomic mass is 10.1. The molecule has 5 nitrogen and oxygen atoms in total. The van der Waals surface area contributed by atoms with E-state index in [0.717, 1.165) is 5.56 Å². The normalized spacial score (nSPS) is 9.21. The van der Waals surface area contributed by atoms with Gasteiger partial charge < -0.3 is 10.6 Å². The van der Waals surface area contributed by atoms with Crippen LogP contribution in [0.5, 0.6) is 0 Å². The zero-order valence-corrected chi connectivity index (χ0v) is 7.61. The molecule has 0 saturated carbocycles. The molecule has 0 unspecified atom stereocenters. The molecule has 3 N–H and O–H groups in total. The second-order valence-corrected chi connectivity index (χ2v) is 2.73. The maximum atomic E-state index is 11.2. The van der Waals surface area contributed by atoms with Crippen molar-refractivity contribution in [3.63, 3.8) is 0 Å². The number of carbonyl (C=O) groups excluding carboxylic acids is 2. The van der Waals surface area contributed by atoms with Gasteiger partial charge in [-0.05, 0) is 19.1 Å². The van der Waals surface area contributed by atoms with Crippen molar-refractivity contribution in [2.24, 2.45) is 5.73 Å². The summed E-state index contributed by atoms with van der Waals surface area (Å²) in [4.78, 5) is 25.8. The molecule has 0 aliphatic rings. The highest BCUT2D eigenvalue weighted by Crippen LogP contribution is 2.04. The van der Waals surface area contributed by atoms with E-state index in [4.69, 9.17) is 5.73 Å². The van der Waals surface area contributed by atoms with Gasteiger partial charge in [-0.25, -0.2) is 9.59 Å². The van der Waals surface area contributed by atoms with Crippen LogP contribution in [0, 0.1) is 6.92 Å². The van der Waals surface area contributed by atoms with Crippen molar-refractivity contribution in [1.82, 2.24) is 5.48 Å². The Kier molecular flexibility index (Phi) is 3.06. The van der Waals surface area contributed by atoms with Gasteiger partial charge in [-0.2, -0.15) is 5.48 Å². The minimum atomic E-state index is -0.911. The molecule has 5 heteroatoms. The van der Waals surface area contributed by atoms with Gasteiger partial charge in [0.1, 0.15) is 0 Å². The van der Waals surface area contributed by atoms with Gasteiger partial charge in [0.2, 0.25) is 0 Å². The van der Waals surface area contributed by atoms with Gasteiger partial charge in [0.05, 0.1) is 5.56 Å². The van der Waals surface area contributed by atoms with Gasteiger partial charge in [-0.1, -0.05) is 17.7 Å². The van der Waals surface area contributed by atoms with E-state index in [0.29, 0.717) is 5.56 Å². The lowest BCUT2D eigenvalue weighted by Crippen LogP contribution is -2.31. The van der Waals surface area contributed by atoms with Crippen LogP contribution in [0.25, 0.3) is 0 Å². The summed E-state index contributed by atoms with van der Waals surface area (Å²) >= 11 is 0. The Hall–Kier alpha value is -2.04. The molecule has 0 radical (unpaired) electrons. The number of nitrogens with one attached hydrogen (secondary N) is 1. The molecule has 0 aliphatic heterocycles. The molecule has 0 spiro atoms. The summed E-state index contributed by atoms with van der Waals surface area (Å²) in [6, 6.07) is 5.88. The Morgan fingerprint density at radius 2 is 2.14 bits per heavy atom. The van der Waals surface area contributed by atoms with Crippen molar-refractivity contribution in [2.75, 3.05) is 0 Å². The Morgan fingerprint density at radius 3 is 2.71 bits per heavy atom. The lowest BCUT2D eigenvalue weighted by molar-refractivity contribution is 0.0335. The summed E-state index contributed by atoms with van der Waals surface area (Å²) in [7, 11) is 0. The Morgan fingerprint density at radius 1 is 1.43 bits per heavy atom. The number of nitrogens with two attached hydrogens (primary N) is 1. The van der Waals surface area contributed by atoms with Crippen LogP contribution in [0.4, 0.5) is 4.79 Å². The molecule has 1 aromatic carbocycles. The molecule has 0 aromatic heterocycles. The predicted molar refractivity (Wildman–Crippen MR) is 49.3 cm³/mol. The minimum Gasteiger partial charge on any atom is -0.349 e. The molecule has 0 bridgehead atoms. The van der Waals surface area contributed by atoms with Gasteiger partial charge in [0, 0.05) is 0 Å². The molecule has 2 amide bonds. The first-order valence-corrected chi connectivity index (χ1v) is 3.93. The lowest BCUT2D eigenvalue weighted by Gasteiger charge is -2.02. The summed E-state index contributed by atoms with van der Waals surface area (Å²) in [5, 5.41) is 0. The summed E-state index contributed by atoms with van der Waals surface area (Å²) in [6.07, 6.45) is 0. The summed E-state index contributed by atoms with van der Waals surface area (Å²) < 4.78 is 0. The van der Waals surface area contributed by atoms with Crippen molar-refractivity contribution in [1.29, 1.82) is 0 Å². The second-order valence-electron chi connectivity index (χ2n) is 2.73. The number of hydroxylamine groups is 1. The average molecular weight is 194 g/mol. The number of aryl methyl sites for hydroxylation is 1. The van der Waals surface area contributed by atoms with E-state index in [1.807, 2.05) is 13.0 Å². The molecule has 1 aromatic rings. The van der Waals surface area contributed by atoms with Crippen LogP contribution in [-0.4, -0.2) is 12.0 Å². The highest BCUT2D eigenvalue weighted by Gasteiger charge is 2.07. The monoisotopic (exact) mass is 194 g/mol. The number of amides is 2. The van der Waals surface area contributed by atoms with Crippen LogP contribution in [0.2, 0.25) is 0 Å². The largest absolute Gasteiger partial charge is 0.363 e. The third-order valence-electron chi connectivity index (χ3n) is 1.50. The van der Waals surface area contributed by atoms with Crippen LogP contribution in [0.15, 0.2) is 24.3 Å². The van der Waals surface area contributed by atoms with Crippen molar-refractivity contribution in [2.45, 2.75) is 6.92 Å². The molecule has 0 saturated heterocycles. The van der Waals surface area contributed by atoms with Gasteiger partial charge in [0.15, 0.2) is 0 Å². The first kappa shape index (κ1) is 10.0. The molecule has 1 rings (SSSR count). The number of rotatable bonds is 1. The molecule has 0 atom stereocenters. The van der Waals surface area contributed by atoms with E-state index in [-0.39, 0.29) is 0 Å². The summed E-state index contributed by atoms with van der Waals surface area (Å²) in [5.74, 6) is -0.646. The fraction of sp³-hybridized carbons (Fsp3) is 0.111. The number of benzene rings is 1. The maximum Gasteiger partial charge on any atom is 0.363 e. The number of primary amides is 1. The van der Waals surface area contributed by atoms with E-state index in [9.17, 15) is 9.59 Å². The van der Waals surface area contributed by atoms with E-state index in [1.165, 1.54) is 0 Å². The molecular weight excluding hydrogens is 184 g/mol. The molecule has 0 aliphatic carbocycles. The fourth-order valence-electron chi connectivity index (χ4n) is 0.928. The van der Waals surface area contributed by atoms with E-state index in [1.54, 1.807) is 23.7 Å². The van der Waals surface area contributed by atoms with Gasteiger partial charge in [-0.3, -0.25) is 0 Å². The quantitative estimate of drug-likeness (QED) is 0.647. The molecule has 0 heterocycles. The van der Waals surface area contributed by atoms with Crippen LogP contribution in [0.1, 0.15) is 15.9 Å². The highest BCUT2D eigenvalue weighted by molar-refractivity contribution is 5.90. The average Bonchev–Trinajstić information content (AvgIpc) is 2.14. The highest BCUT2D eigenvalue weighted by atomic mass is 16.7. The number of carbonyl (C=O) groups is 2. The van der Waals surface area contributed by atoms with Gasteiger partial charge in [-0.15, -0.1) is 0 Å². The predicted octanol–water partition coefficient (Wildman–Crippen LogP) is 0.735. The number of hydrogen-bond acceptors (Lipinski definition) is 3. The first-order chi connectivity index (χ1) is 6.59. The van der Waals surface area contributed by atoms with E-state index >= 15 is 0 Å². The topological polar surface area (TPSA) is 81.4 Å². The minimum absolute atomic E-state index is 0.360.